The molecule has 0 aliphatic rings. The fraction of sp³-hybridized carbons (Fsp3) is 0.231. The van der Waals surface area contributed by atoms with Crippen LogP contribution in [-0.4, -0.2) is 10.8 Å². The third kappa shape index (κ3) is 2.55. The van der Waals surface area contributed by atoms with Crippen molar-refractivity contribution in [3.8, 4) is 0 Å². The predicted molar refractivity (Wildman–Crippen MR) is 66.1 cm³/mol. The number of ketones is 1. The third-order valence-corrected chi connectivity index (χ3v) is 3.08. The number of hydrogen-bond donors (Lipinski definition) is 0. The molecule has 0 bridgehead atoms. The Kier molecular flexibility index (Phi) is 3.15. The Balaban J connectivity index is 2.21. The summed E-state index contributed by atoms with van der Waals surface area (Å²) in [4.78, 5) is 16.3. The summed E-state index contributed by atoms with van der Waals surface area (Å²) in [7, 11) is 0. The van der Waals surface area contributed by atoms with E-state index in [9.17, 15) is 4.79 Å². The maximum absolute atomic E-state index is 12.0. The molecule has 0 amide bonds. The first kappa shape index (κ1) is 11.0. The van der Waals surface area contributed by atoms with Crippen molar-refractivity contribution in [2.45, 2.75) is 20.3 Å². The van der Waals surface area contributed by atoms with Crippen LogP contribution in [0.15, 0.2) is 29.0 Å². The van der Waals surface area contributed by atoms with Gasteiger partial charge in [0.05, 0.1) is 0 Å². The van der Waals surface area contributed by atoms with Crippen LogP contribution in [0.25, 0.3) is 0 Å². The molecule has 0 saturated heterocycles. The standard InChI is InChI=1S/C13H13NOS/c1-9-5-12(6-10(2)14-9)13(15)7-11-3-4-16-8-11/h3-6,8H,7H2,1-2H3. The van der Waals surface area contributed by atoms with Crippen molar-refractivity contribution in [2.24, 2.45) is 0 Å². The van der Waals surface area contributed by atoms with E-state index in [-0.39, 0.29) is 5.78 Å². The number of pyridine rings is 1. The van der Waals surface area contributed by atoms with E-state index in [0.29, 0.717) is 6.42 Å². The van der Waals surface area contributed by atoms with E-state index < -0.39 is 0 Å². The van der Waals surface area contributed by atoms with E-state index in [4.69, 9.17) is 0 Å². The third-order valence-electron chi connectivity index (χ3n) is 2.35. The first-order valence-electron chi connectivity index (χ1n) is 5.15. The molecular weight excluding hydrogens is 218 g/mol. The molecule has 16 heavy (non-hydrogen) atoms. The molecule has 0 aliphatic carbocycles. The van der Waals surface area contributed by atoms with Gasteiger partial charge >= 0.3 is 0 Å². The second-order valence-electron chi connectivity index (χ2n) is 3.87. The number of nitrogens with zero attached hydrogens (tertiary/aromatic N) is 1. The van der Waals surface area contributed by atoms with Crippen LogP contribution in [0.1, 0.15) is 27.3 Å². The number of hydrogen-bond acceptors (Lipinski definition) is 3. The molecule has 3 heteroatoms. The molecule has 0 unspecified atom stereocenters. The maximum Gasteiger partial charge on any atom is 0.167 e. The van der Waals surface area contributed by atoms with E-state index in [0.717, 1.165) is 22.5 Å². The second kappa shape index (κ2) is 4.58. The predicted octanol–water partition coefficient (Wildman–Crippen LogP) is 3.19. The van der Waals surface area contributed by atoms with Gasteiger partial charge in [0.2, 0.25) is 0 Å². The summed E-state index contributed by atoms with van der Waals surface area (Å²) in [6.45, 7) is 3.82. The first-order chi connectivity index (χ1) is 7.65. The molecule has 0 N–H and O–H groups in total. The lowest BCUT2D eigenvalue weighted by Gasteiger charge is -2.02. The maximum atomic E-state index is 12.0. The van der Waals surface area contributed by atoms with E-state index in [1.54, 1.807) is 11.3 Å². The Morgan fingerprint density at radius 3 is 2.56 bits per heavy atom. The molecule has 0 radical (unpaired) electrons. The van der Waals surface area contributed by atoms with Gasteiger partial charge < -0.3 is 0 Å². The summed E-state index contributed by atoms with van der Waals surface area (Å²) in [6.07, 6.45) is 0.479. The minimum Gasteiger partial charge on any atom is -0.294 e. The van der Waals surface area contributed by atoms with Crippen molar-refractivity contribution in [3.05, 3.63) is 51.5 Å². The average Bonchev–Trinajstić information content (AvgIpc) is 2.68. The number of carbonyl (C=O) groups is 1. The molecule has 0 spiro atoms. The molecule has 2 aromatic rings. The number of carbonyl (C=O) groups excluding carboxylic acids is 1. The highest BCUT2D eigenvalue weighted by Crippen LogP contribution is 2.12. The summed E-state index contributed by atoms with van der Waals surface area (Å²) < 4.78 is 0. The van der Waals surface area contributed by atoms with Crippen LogP contribution in [0.5, 0.6) is 0 Å². The van der Waals surface area contributed by atoms with Crippen molar-refractivity contribution in [2.75, 3.05) is 0 Å². The summed E-state index contributed by atoms with van der Waals surface area (Å²) in [5.74, 6) is 0.159. The zero-order chi connectivity index (χ0) is 11.5. The molecule has 0 saturated carbocycles. The molecule has 0 atom stereocenters. The molecule has 82 valence electrons. The van der Waals surface area contributed by atoms with Crippen LogP contribution in [0.4, 0.5) is 0 Å². The van der Waals surface area contributed by atoms with Gasteiger partial charge in [-0.3, -0.25) is 9.78 Å². The van der Waals surface area contributed by atoms with Crippen molar-refractivity contribution >= 4 is 17.1 Å². The zero-order valence-electron chi connectivity index (χ0n) is 9.36. The van der Waals surface area contributed by atoms with Gasteiger partial charge in [-0.05, 0) is 48.4 Å². The number of Topliss-reactive ketones (excluding diaryl/α,β-unsaturated/α-hetero) is 1. The Hall–Kier alpha value is -1.48. The molecule has 0 fully saturated rings. The SMILES string of the molecule is Cc1cc(C(=O)Cc2ccsc2)cc(C)n1. The lowest BCUT2D eigenvalue weighted by atomic mass is 10.0. The highest BCUT2D eigenvalue weighted by Gasteiger charge is 2.08. The second-order valence-corrected chi connectivity index (χ2v) is 4.65. The summed E-state index contributed by atoms with van der Waals surface area (Å²) >= 11 is 1.62. The lowest BCUT2D eigenvalue weighted by Crippen LogP contribution is -2.04. The summed E-state index contributed by atoms with van der Waals surface area (Å²) in [5, 5.41) is 4.00. The molecule has 2 rings (SSSR count). The van der Waals surface area contributed by atoms with Gasteiger partial charge in [0.25, 0.3) is 0 Å². The monoisotopic (exact) mass is 231 g/mol. The van der Waals surface area contributed by atoms with Crippen molar-refractivity contribution in [3.63, 3.8) is 0 Å². The van der Waals surface area contributed by atoms with Gasteiger partial charge in [-0.2, -0.15) is 11.3 Å². The quantitative estimate of drug-likeness (QED) is 0.759. The van der Waals surface area contributed by atoms with E-state index >= 15 is 0 Å². The van der Waals surface area contributed by atoms with Gasteiger partial charge in [0, 0.05) is 23.4 Å². The molecule has 2 aromatic heterocycles. The Morgan fingerprint density at radius 1 is 1.31 bits per heavy atom. The van der Waals surface area contributed by atoms with E-state index in [1.165, 1.54) is 0 Å². The van der Waals surface area contributed by atoms with Crippen LogP contribution >= 0.6 is 11.3 Å². The summed E-state index contributed by atoms with van der Waals surface area (Å²) in [6, 6.07) is 5.69. The van der Waals surface area contributed by atoms with Crippen LogP contribution in [0, 0.1) is 13.8 Å². The number of aromatic nitrogens is 1. The topological polar surface area (TPSA) is 30.0 Å². The highest BCUT2D eigenvalue weighted by atomic mass is 32.1. The highest BCUT2D eigenvalue weighted by molar-refractivity contribution is 7.08. The van der Waals surface area contributed by atoms with Crippen LogP contribution in [0.3, 0.4) is 0 Å². The number of thiophene rings is 1. The fourth-order valence-electron chi connectivity index (χ4n) is 1.68. The van der Waals surface area contributed by atoms with Crippen molar-refractivity contribution in [1.82, 2.24) is 4.98 Å². The molecule has 2 heterocycles. The van der Waals surface area contributed by atoms with Crippen LogP contribution in [0.2, 0.25) is 0 Å². The fourth-order valence-corrected chi connectivity index (χ4v) is 2.34. The zero-order valence-corrected chi connectivity index (χ0v) is 10.2. The Bertz CT molecular complexity index is 482. The van der Waals surface area contributed by atoms with Gasteiger partial charge in [-0.1, -0.05) is 0 Å². The van der Waals surface area contributed by atoms with E-state index in [2.05, 4.69) is 4.98 Å². The average molecular weight is 231 g/mol. The van der Waals surface area contributed by atoms with Crippen LogP contribution in [-0.2, 0) is 6.42 Å². The Labute approximate surface area is 99.0 Å². The molecule has 0 aliphatic heterocycles. The minimum atomic E-state index is 0.159. The first-order valence-corrected chi connectivity index (χ1v) is 6.09. The molecule has 2 nitrogen and oxygen atoms in total. The summed E-state index contributed by atoms with van der Waals surface area (Å²) in [5.41, 5.74) is 3.64. The minimum absolute atomic E-state index is 0.159. The number of aryl methyl sites for hydroxylation is 2. The molecule has 0 aromatic carbocycles. The van der Waals surface area contributed by atoms with Crippen LogP contribution < -0.4 is 0 Å². The van der Waals surface area contributed by atoms with Gasteiger partial charge in [-0.25, -0.2) is 0 Å². The smallest absolute Gasteiger partial charge is 0.167 e. The largest absolute Gasteiger partial charge is 0.294 e. The Morgan fingerprint density at radius 2 is 2.00 bits per heavy atom. The van der Waals surface area contributed by atoms with Crippen molar-refractivity contribution in [1.29, 1.82) is 0 Å². The molecular formula is C13H13NOS. The lowest BCUT2D eigenvalue weighted by molar-refractivity contribution is 0.0993. The van der Waals surface area contributed by atoms with Gasteiger partial charge in [-0.15, -0.1) is 0 Å². The van der Waals surface area contributed by atoms with Gasteiger partial charge in [0.15, 0.2) is 5.78 Å². The van der Waals surface area contributed by atoms with Gasteiger partial charge in [0.1, 0.15) is 0 Å². The van der Waals surface area contributed by atoms with Crippen molar-refractivity contribution < 1.29 is 4.79 Å². The normalized spacial score (nSPS) is 10.4. The number of rotatable bonds is 3. The van der Waals surface area contributed by atoms with E-state index in [1.807, 2.05) is 42.8 Å².